The average molecular weight is 264 g/mol. The summed E-state index contributed by atoms with van der Waals surface area (Å²) in [7, 11) is 0. The number of allylic oxidation sites excluding steroid dienone is 2. The fourth-order valence-electron chi connectivity index (χ4n) is 1.96. The molecule has 18 heavy (non-hydrogen) atoms. The van der Waals surface area contributed by atoms with Crippen molar-refractivity contribution in [3.63, 3.8) is 0 Å². The van der Waals surface area contributed by atoms with E-state index < -0.39 is 4.92 Å². The van der Waals surface area contributed by atoms with Crippen LogP contribution in [0, 0.1) is 21.4 Å². The Balaban J connectivity index is 2.62. The lowest BCUT2D eigenvalue weighted by Gasteiger charge is -2.06. The summed E-state index contributed by atoms with van der Waals surface area (Å²) in [5, 5.41) is 23.7. The Morgan fingerprint density at radius 2 is 2.33 bits per heavy atom. The Labute approximate surface area is 109 Å². The highest BCUT2D eigenvalue weighted by Gasteiger charge is 2.22. The molecule has 0 aliphatic carbocycles. The molecule has 0 saturated carbocycles. The molecule has 0 radical (unpaired) electrons. The summed E-state index contributed by atoms with van der Waals surface area (Å²) in [6, 6.07) is 6.27. The summed E-state index contributed by atoms with van der Waals surface area (Å²) < 4.78 is 0. The van der Waals surface area contributed by atoms with Crippen molar-refractivity contribution in [3.05, 3.63) is 44.6 Å². The first-order valence-electron chi connectivity index (χ1n) is 5.45. The lowest BCUT2D eigenvalue weighted by molar-refractivity contribution is -0.385. The number of hydrogen-bond donors (Lipinski definition) is 1. The normalized spacial score (nSPS) is 16.9. The summed E-state index contributed by atoms with van der Waals surface area (Å²) >= 11 is 5.85. The van der Waals surface area contributed by atoms with Crippen LogP contribution in [0.4, 0.5) is 5.69 Å². The molecule has 1 aromatic carbocycles. The second-order valence-electron chi connectivity index (χ2n) is 3.91. The number of nitro benzene ring substituents is 1. The molecule has 1 N–H and O–H groups in total. The molecular formula is C12H10ClN3O2. The van der Waals surface area contributed by atoms with E-state index in [4.69, 9.17) is 11.6 Å². The molecule has 0 unspecified atom stereocenters. The largest absolute Gasteiger partial charge is 0.387 e. The zero-order valence-electron chi connectivity index (χ0n) is 9.44. The Kier molecular flexibility index (Phi) is 3.49. The lowest BCUT2D eigenvalue weighted by Crippen LogP contribution is -2.07. The van der Waals surface area contributed by atoms with E-state index in [-0.39, 0.29) is 11.3 Å². The zero-order valence-corrected chi connectivity index (χ0v) is 10.2. The van der Waals surface area contributed by atoms with Crippen LogP contribution in [0.15, 0.2) is 23.9 Å². The fourth-order valence-corrected chi connectivity index (χ4v) is 2.14. The molecular weight excluding hydrogens is 254 g/mol. The van der Waals surface area contributed by atoms with Gasteiger partial charge in [-0.2, -0.15) is 5.26 Å². The monoisotopic (exact) mass is 263 g/mol. The zero-order chi connectivity index (χ0) is 13.1. The number of nitro groups is 1. The van der Waals surface area contributed by atoms with E-state index in [0.717, 1.165) is 25.1 Å². The molecule has 0 aromatic heterocycles. The van der Waals surface area contributed by atoms with Gasteiger partial charge in [0, 0.05) is 23.3 Å². The highest BCUT2D eigenvalue weighted by molar-refractivity contribution is 6.30. The fraction of sp³-hybridized carbons (Fsp3) is 0.250. The predicted molar refractivity (Wildman–Crippen MR) is 67.9 cm³/mol. The van der Waals surface area contributed by atoms with Crippen molar-refractivity contribution < 1.29 is 4.92 Å². The number of hydrogen-bond acceptors (Lipinski definition) is 4. The van der Waals surface area contributed by atoms with Crippen molar-refractivity contribution in [2.45, 2.75) is 12.8 Å². The quantitative estimate of drug-likeness (QED) is 0.505. The van der Waals surface area contributed by atoms with E-state index >= 15 is 0 Å². The van der Waals surface area contributed by atoms with Gasteiger partial charge in [-0.25, -0.2) is 0 Å². The van der Waals surface area contributed by atoms with Gasteiger partial charge in [-0.1, -0.05) is 11.6 Å². The van der Waals surface area contributed by atoms with Crippen molar-refractivity contribution in [2.75, 3.05) is 6.54 Å². The van der Waals surface area contributed by atoms with Crippen molar-refractivity contribution in [1.29, 1.82) is 5.26 Å². The SMILES string of the molecule is N#C/C(=C1/CCCN1)c1cc(Cl)ccc1[N+](=O)[O-]. The Hall–Kier alpha value is -2.06. The number of rotatable bonds is 2. The summed E-state index contributed by atoms with van der Waals surface area (Å²) in [5.74, 6) is 0. The van der Waals surface area contributed by atoms with Crippen LogP contribution >= 0.6 is 11.6 Å². The van der Waals surface area contributed by atoms with Crippen molar-refractivity contribution >= 4 is 22.9 Å². The molecule has 1 aliphatic heterocycles. The van der Waals surface area contributed by atoms with Crippen LogP contribution in [0.25, 0.3) is 5.57 Å². The van der Waals surface area contributed by atoms with E-state index in [0.29, 0.717) is 10.6 Å². The third kappa shape index (κ3) is 2.29. The maximum Gasteiger partial charge on any atom is 0.278 e. The standard InChI is InChI=1S/C12H10ClN3O2/c13-8-3-4-12(16(17)18)9(6-8)10(7-14)11-2-1-5-15-11/h3-4,6,15H,1-2,5H2/b11-10+. The van der Waals surface area contributed by atoms with Gasteiger partial charge in [0.2, 0.25) is 0 Å². The molecule has 2 rings (SSSR count). The second kappa shape index (κ2) is 5.07. The number of benzene rings is 1. The molecule has 0 spiro atoms. The van der Waals surface area contributed by atoms with Crippen LogP contribution in [0.5, 0.6) is 0 Å². The molecule has 5 nitrogen and oxygen atoms in total. The Morgan fingerprint density at radius 1 is 1.56 bits per heavy atom. The second-order valence-corrected chi connectivity index (χ2v) is 4.35. The summed E-state index contributed by atoms with van der Waals surface area (Å²) in [6.45, 7) is 0.787. The Bertz CT molecular complexity index is 567. The van der Waals surface area contributed by atoms with Crippen LogP contribution in [-0.4, -0.2) is 11.5 Å². The van der Waals surface area contributed by atoms with Crippen LogP contribution < -0.4 is 5.32 Å². The topological polar surface area (TPSA) is 79.0 Å². The first-order chi connectivity index (χ1) is 8.63. The number of nitriles is 1. The molecule has 0 atom stereocenters. The summed E-state index contributed by atoms with van der Waals surface area (Å²) in [6.07, 6.45) is 1.65. The van der Waals surface area contributed by atoms with Gasteiger partial charge in [0.1, 0.15) is 6.07 Å². The molecule has 1 aromatic rings. The third-order valence-electron chi connectivity index (χ3n) is 2.78. The van der Waals surface area contributed by atoms with Crippen LogP contribution in [0.1, 0.15) is 18.4 Å². The van der Waals surface area contributed by atoms with E-state index in [2.05, 4.69) is 5.32 Å². The van der Waals surface area contributed by atoms with Gasteiger partial charge >= 0.3 is 0 Å². The van der Waals surface area contributed by atoms with E-state index in [1.54, 1.807) is 0 Å². The minimum atomic E-state index is -0.501. The van der Waals surface area contributed by atoms with Gasteiger partial charge in [-0.3, -0.25) is 10.1 Å². The maximum absolute atomic E-state index is 11.0. The van der Waals surface area contributed by atoms with Gasteiger partial charge in [0.25, 0.3) is 5.69 Å². The highest BCUT2D eigenvalue weighted by atomic mass is 35.5. The maximum atomic E-state index is 11.0. The average Bonchev–Trinajstić information content (AvgIpc) is 2.83. The van der Waals surface area contributed by atoms with Gasteiger partial charge in [0.15, 0.2) is 0 Å². The minimum absolute atomic E-state index is 0.0999. The minimum Gasteiger partial charge on any atom is -0.387 e. The van der Waals surface area contributed by atoms with Crippen LogP contribution in [0.2, 0.25) is 5.02 Å². The molecule has 0 amide bonds. The van der Waals surface area contributed by atoms with Gasteiger partial charge in [-0.05, 0) is 25.0 Å². The number of nitrogens with one attached hydrogen (secondary N) is 1. The highest BCUT2D eigenvalue weighted by Crippen LogP contribution is 2.31. The van der Waals surface area contributed by atoms with E-state index in [9.17, 15) is 15.4 Å². The predicted octanol–water partition coefficient (Wildman–Crippen LogP) is 2.87. The molecule has 92 valence electrons. The molecule has 1 fully saturated rings. The van der Waals surface area contributed by atoms with Gasteiger partial charge in [-0.15, -0.1) is 0 Å². The number of halogens is 1. The molecule has 6 heteroatoms. The van der Waals surface area contributed by atoms with Gasteiger partial charge < -0.3 is 5.32 Å². The molecule has 1 saturated heterocycles. The van der Waals surface area contributed by atoms with E-state index in [1.165, 1.54) is 18.2 Å². The molecule has 1 heterocycles. The van der Waals surface area contributed by atoms with Crippen molar-refractivity contribution in [2.24, 2.45) is 0 Å². The first-order valence-corrected chi connectivity index (χ1v) is 5.82. The third-order valence-corrected chi connectivity index (χ3v) is 3.02. The van der Waals surface area contributed by atoms with Crippen molar-refractivity contribution in [1.82, 2.24) is 5.32 Å². The summed E-state index contributed by atoms with van der Waals surface area (Å²) in [5.41, 5.74) is 1.24. The summed E-state index contributed by atoms with van der Waals surface area (Å²) in [4.78, 5) is 10.5. The number of nitrogens with zero attached hydrogens (tertiary/aromatic N) is 2. The Morgan fingerprint density at radius 3 is 2.89 bits per heavy atom. The van der Waals surface area contributed by atoms with Crippen molar-refractivity contribution in [3.8, 4) is 6.07 Å². The first kappa shape index (κ1) is 12.4. The lowest BCUT2D eigenvalue weighted by atomic mass is 10.0. The van der Waals surface area contributed by atoms with Gasteiger partial charge in [0.05, 0.1) is 16.1 Å². The molecule has 0 bridgehead atoms. The van der Waals surface area contributed by atoms with Crippen LogP contribution in [0.3, 0.4) is 0 Å². The van der Waals surface area contributed by atoms with Crippen LogP contribution in [-0.2, 0) is 0 Å². The van der Waals surface area contributed by atoms with E-state index in [1.807, 2.05) is 6.07 Å². The smallest absolute Gasteiger partial charge is 0.278 e. The molecule has 1 aliphatic rings.